The average molecular weight is 420 g/mol. The van der Waals surface area contributed by atoms with Crippen molar-refractivity contribution in [3.05, 3.63) is 77.4 Å². The molecule has 1 aliphatic carbocycles. The summed E-state index contributed by atoms with van der Waals surface area (Å²) in [7, 11) is 4.17. The Morgan fingerprint density at radius 1 is 1.06 bits per heavy atom. The minimum atomic E-state index is -0.162. The number of halogens is 1. The van der Waals surface area contributed by atoms with Crippen molar-refractivity contribution < 1.29 is 8.91 Å². The molecule has 5 heteroatoms. The second-order valence-corrected chi connectivity index (χ2v) is 8.82. The van der Waals surface area contributed by atoms with Crippen molar-refractivity contribution in [1.82, 2.24) is 15.0 Å². The van der Waals surface area contributed by atoms with Crippen molar-refractivity contribution in [2.75, 3.05) is 14.1 Å². The second kappa shape index (κ2) is 9.56. The Labute approximate surface area is 183 Å². The van der Waals surface area contributed by atoms with Gasteiger partial charge in [-0.15, -0.1) is 0 Å². The normalized spacial score (nSPS) is 20.4. The van der Waals surface area contributed by atoms with Gasteiger partial charge in [-0.25, -0.2) is 4.39 Å². The van der Waals surface area contributed by atoms with Crippen LogP contribution >= 0.6 is 0 Å². The molecule has 0 saturated heterocycles. The highest BCUT2D eigenvalue weighted by atomic mass is 19.1. The summed E-state index contributed by atoms with van der Waals surface area (Å²) in [5.74, 6) is 2.03. The fourth-order valence-corrected chi connectivity index (χ4v) is 4.76. The molecule has 1 aromatic heterocycles. The van der Waals surface area contributed by atoms with Crippen molar-refractivity contribution in [3.63, 3.8) is 0 Å². The lowest BCUT2D eigenvalue weighted by molar-refractivity contribution is 0.159. The minimum Gasteiger partial charge on any atom is -0.334 e. The summed E-state index contributed by atoms with van der Waals surface area (Å²) < 4.78 is 19.2. The third-order valence-electron chi connectivity index (χ3n) is 6.24. The van der Waals surface area contributed by atoms with Crippen molar-refractivity contribution in [2.24, 2.45) is 11.8 Å². The zero-order chi connectivity index (χ0) is 21.8. The van der Waals surface area contributed by atoms with Crippen LogP contribution in [0, 0.1) is 24.6 Å². The van der Waals surface area contributed by atoms with Gasteiger partial charge in [0, 0.05) is 11.6 Å². The lowest BCUT2D eigenvalue weighted by atomic mass is 9.76. The molecule has 1 aliphatic rings. The first-order valence-corrected chi connectivity index (χ1v) is 11.0. The molecule has 0 bridgehead atoms. The first-order valence-electron chi connectivity index (χ1n) is 11.0. The zero-order valence-electron chi connectivity index (χ0n) is 18.5. The van der Waals surface area contributed by atoms with E-state index in [1.807, 2.05) is 30.3 Å². The second-order valence-electron chi connectivity index (χ2n) is 8.82. The summed E-state index contributed by atoms with van der Waals surface area (Å²) in [6.45, 7) is 2.05. The highest BCUT2D eigenvalue weighted by Crippen LogP contribution is 2.40. The van der Waals surface area contributed by atoms with Crippen molar-refractivity contribution in [2.45, 2.75) is 38.6 Å². The number of hydrogen-bond acceptors (Lipinski definition) is 4. The summed E-state index contributed by atoms with van der Waals surface area (Å²) in [5, 5.41) is 4.11. The van der Waals surface area contributed by atoms with E-state index in [-0.39, 0.29) is 11.9 Å². The maximum atomic E-state index is 13.8. The van der Waals surface area contributed by atoms with Crippen LogP contribution in [0.1, 0.15) is 48.7 Å². The molecular weight excluding hydrogens is 389 g/mol. The molecule has 31 heavy (non-hydrogen) atoms. The van der Waals surface area contributed by atoms with Gasteiger partial charge in [0.05, 0.1) is 0 Å². The molecule has 1 atom stereocenters. The van der Waals surface area contributed by atoms with E-state index in [2.05, 4.69) is 54.3 Å². The van der Waals surface area contributed by atoms with E-state index in [1.165, 1.54) is 11.6 Å². The first kappa shape index (κ1) is 21.4. The standard InChI is InChI=1S/C26H30FN3O/c1-18-6-4-8-22(16-18)26-28-24(31-29-26)15-12-19-10-13-20(14-11-19)25(30(2)3)21-7-5-9-23(27)17-21/h4-9,12,15-17,19-20,25H,10-11,13-14H2,1-3H3. The number of aryl methyl sites for hydroxylation is 1. The Hall–Kier alpha value is -2.79. The molecule has 0 aliphatic heterocycles. The Balaban J connectivity index is 1.37. The molecule has 1 fully saturated rings. The van der Waals surface area contributed by atoms with Crippen LogP contribution in [0.3, 0.4) is 0 Å². The van der Waals surface area contributed by atoms with Gasteiger partial charge in [-0.3, -0.25) is 0 Å². The molecular formula is C26H30FN3O. The van der Waals surface area contributed by atoms with E-state index in [0.717, 1.165) is 36.8 Å². The van der Waals surface area contributed by atoms with Crippen LogP contribution in [0.4, 0.5) is 4.39 Å². The summed E-state index contributed by atoms with van der Waals surface area (Å²) in [4.78, 5) is 6.74. The monoisotopic (exact) mass is 419 g/mol. The molecule has 1 unspecified atom stereocenters. The predicted molar refractivity (Wildman–Crippen MR) is 122 cm³/mol. The van der Waals surface area contributed by atoms with Gasteiger partial charge in [0.1, 0.15) is 5.82 Å². The van der Waals surface area contributed by atoms with Crippen LogP contribution in [0.25, 0.3) is 17.5 Å². The average Bonchev–Trinajstić information content (AvgIpc) is 3.22. The van der Waals surface area contributed by atoms with Crippen molar-refractivity contribution >= 4 is 6.08 Å². The van der Waals surface area contributed by atoms with Gasteiger partial charge in [0.2, 0.25) is 5.82 Å². The van der Waals surface area contributed by atoms with E-state index in [4.69, 9.17) is 4.52 Å². The number of rotatable bonds is 6. The molecule has 0 spiro atoms. The van der Waals surface area contributed by atoms with E-state index < -0.39 is 0 Å². The molecule has 1 heterocycles. The van der Waals surface area contributed by atoms with Gasteiger partial charge in [0.15, 0.2) is 0 Å². The molecule has 4 nitrogen and oxygen atoms in total. The number of allylic oxidation sites excluding steroid dienone is 1. The van der Waals surface area contributed by atoms with E-state index in [9.17, 15) is 4.39 Å². The molecule has 162 valence electrons. The highest BCUT2D eigenvalue weighted by molar-refractivity contribution is 5.56. The fourth-order valence-electron chi connectivity index (χ4n) is 4.76. The molecule has 1 saturated carbocycles. The van der Waals surface area contributed by atoms with Gasteiger partial charge in [-0.1, -0.05) is 47.1 Å². The van der Waals surface area contributed by atoms with Crippen molar-refractivity contribution in [1.29, 1.82) is 0 Å². The smallest absolute Gasteiger partial charge is 0.250 e. The van der Waals surface area contributed by atoms with E-state index >= 15 is 0 Å². The van der Waals surface area contributed by atoms with Crippen LogP contribution in [0.2, 0.25) is 0 Å². The van der Waals surface area contributed by atoms with E-state index in [1.54, 1.807) is 6.07 Å². The quantitative estimate of drug-likeness (QED) is 0.470. The third-order valence-corrected chi connectivity index (χ3v) is 6.24. The lowest BCUT2D eigenvalue weighted by Crippen LogP contribution is -2.30. The third kappa shape index (κ3) is 5.28. The van der Waals surface area contributed by atoms with Gasteiger partial charge in [0.25, 0.3) is 5.89 Å². The molecule has 2 aromatic carbocycles. The topological polar surface area (TPSA) is 42.2 Å². The Kier molecular flexibility index (Phi) is 6.62. The van der Waals surface area contributed by atoms with Crippen LogP contribution in [0.15, 0.2) is 59.1 Å². The largest absolute Gasteiger partial charge is 0.334 e. The van der Waals surface area contributed by atoms with Crippen LogP contribution in [-0.4, -0.2) is 29.1 Å². The Bertz CT molecular complexity index is 1030. The number of benzene rings is 2. The zero-order valence-corrected chi connectivity index (χ0v) is 18.5. The maximum absolute atomic E-state index is 13.8. The molecule has 3 aromatic rings. The highest BCUT2D eigenvalue weighted by Gasteiger charge is 2.29. The first-order chi connectivity index (χ1) is 15.0. The molecule has 0 N–H and O–H groups in total. The molecule has 0 radical (unpaired) electrons. The maximum Gasteiger partial charge on any atom is 0.250 e. The number of hydrogen-bond donors (Lipinski definition) is 0. The Morgan fingerprint density at radius 3 is 2.55 bits per heavy atom. The summed E-state index contributed by atoms with van der Waals surface area (Å²) in [6, 6.07) is 15.4. The number of nitrogens with zero attached hydrogens (tertiary/aromatic N) is 3. The fraction of sp³-hybridized carbons (Fsp3) is 0.385. The van der Waals surface area contributed by atoms with Crippen LogP contribution < -0.4 is 0 Å². The van der Waals surface area contributed by atoms with Gasteiger partial charge in [-0.2, -0.15) is 4.98 Å². The van der Waals surface area contributed by atoms with Gasteiger partial charge >= 0.3 is 0 Å². The lowest BCUT2D eigenvalue weighted by Gasteiger charge is -2.37. The number of aromatic nitrogens is 2. The summed E-state index contributed by atoms with van der Waals surface area (Å²) in [6.07, 6.45) is 8.61. The Morgan fingerprint density at radius 2 is 1.84 bits per heavy atom. The van der Waals surface area contributed by atoms with Crippen LogP contribution in [-0.2, 0) is 0 Å². The van der Waals surface area contributed by atoms with Gasteiger partial charge < -0.3 is 9.42 Å². The summed E-state index contributed by atoms with van der Waals surface area (Å²) >= 11 is 0. The van der Waals surface area contributed by atoms with Crippen LogP contribution in [0.5, 0.6) is 0 Å². The van der Waals surface area contributed by atoms with E-state index in [0.29, 0.717) is 23.6 Å². The SMILES string of the molecule is Cc1cccc(-c2noc(C=CC3CCC(C(c4cccc(F)c4)N(C)C)CC3)n2)c1. The summed E-state index contributed by atoms with van der Waals surface area (Å²) in [5.41, 5.74) is 3.21. The minimum absolute atomic E-state index is 0.162. The van der Waals surface area contributed by atoms with Crippen molar-refractivity contribution in [3.8, 4) is 11.4 Å². The predicted octanol–water partition coefficient (Wildman–Crippen LogP) is 6.31. The molecule has 0 amide bonds. The molecule has 4 rings (SSSR count). The van der Waals surface area contributed by atoms with Gasteiger partial charge in [-0.05, 0) is 88.4 Å².